The molecular formula is C34H33ClO10. The first-order chi connectivity index (χ1) is 21.7. The highest BCUT2D eigenvalue weighted by atomic mass is 35.5. The monoisotopic (exact) mass is 636 g/mol. The molecule has 1 unspecified atom stereocenters. The largest absolute Gasteiger partial charge is 0.494 e. The number of carbonyl (C=O) groups is 4. The minimum absolute atomic E-state index is 0.0660. The first-order valence-electron chi connectivity index (χ1n) is 14.0. The van der Waals surface area contributed by atoms with Gasteiger partial charge in [-0.05, 0) is 79.9 Å². The van der Waals surface area contributed by atoms with Gasteiger partial charge in [0.25, 0.3) is 0 Å². The molecule has 0 fully saturated rings. The SMILES string of the molecule is C=CC(=O)OCCCCOc1ccc(C(=O)Oc2ccc(OC(=O)c3ccc(OCC(CC)OC(=O)C=C)cc3)c(Cl)c2)cc1. The van der Waals surface area contributed by atoms with Crippen molar-refractivity contribution in [2.75, 3.05) is 19.8 Å². The van der Waals surface area contributed by atoms with Crippen LogP contribution < -0.4 is 18.9 Å². The predicted octanol–water partition coefficient (Wildman–Crippen LogP) is 6.55. The number of hydrogen-bond donors (Lipinski definition) is 0. The van der Waals surface area contributed by atoms with E-state index in [1.807, 2.05) is 6.92 Å². The van der Waals surface area contributed by atoms with E-state index in [0.717, 1.165) is 12.2 Å². The number of benzene rings is 3. The summed E-state index contributed by atoms with van der Waals surface area (Å²) in [5, 5.41) is 0.0660. The number of carbonyl (C=O) groups excluding carboxylic acids is 4. The molecule has 10 nitrogen and oxygen atoms in total. The average molecular weight is 637 g/mol. The zero-order chi connectivity index (χ0) is 32.6. The predicted molar refractivity (Wildman–Crippen MR) is 166 cm³/mol. The molecule has 0 spiro atoms. The van der Waals surface area contributed by atoms with Gasteiger partial charge in [-0.3, -0.25) is 0 Å². The first kappa shape index (κ1) is 34.4. The molecule has 11 heteroatoms. The Morgan fingerprint density at radius 2 is 1.29 bits per heavy atom. The van der Waals surface area contributed by atoms with Gasteiger partial charge in [-0.25, -0.2) is 19.2 Å². The second-order valence-corrected chi connectivity index (χ2v) is 9.74. The fourth-order valence-corrected chi connectivity index (χ4v) is 3.80. The molecule has 0 aliphatic rings. The highest BCUT2D eigenvalue weighted by molar-refractivity contribution is 6.32. The maximum Gasteiger partial charge on any atom is 0.343 e. The lowest BCUT2D eigenvalue weighted by Crippen LogP contribution is -2.23. The zero-order valence-corrected chi connectivity index (χ0v) is 25.5. The summed E-state index contributed by atoms with van der Waals surface area (Å²) in [5.41, 5.74) is 0.543. The number of rotatable bonds is 17. The molecule has 0 bridgehead atoms. The molecule has 0 heterocycles. The molecule has 3 aromatic rings. The van der Waals surface area contributed by atoms with Crippen LogP contribution in [0.25, 0.3) is 0 Å². The van der Waals surface area contributed by atoms with Gasteiger partial charge in [-0.15, -0.1) is 0 Å². The Hall–Kier alpha value is -5.09. The maximum absolute atomic E-state index is 12.7. The van der Waals surface area contributed by atoms with Crippen LogP contribution in [0, 0.1) is 0 Å². The molecular weight excluding hydrogens is 604 g/mol. The van der Waals surface area contributed by atoms with E-state index in [2.05, 4.69) is 13.2 Å². The van der Waals surface area contributed by atoms with Gasteiger partial charge in [0.05, 0.1) is 29.4 Å². The van der Waals surface area contributed by atoms with Crippen molar-refractivity contribution in [2.24, 2.45) is 0 Å². The zero-order valence-electron chi connectivity index (χ0n) is 24.7. The summed E-state index contributed by atoms with van der Waals surface area (Å²) in [4.78, 5) is 47.7. The molecule has 0 aliphatic heterocycles. The third kappa shape index (κ3) is 11.5. The van der Waals surface area contributed by atoms with Crippen LogP contribution in [0.3, 0.4) is 0 Å². The number of halogens is 1. The Labute approximate surface area is 266 Å². The van der Waals surface area contributed by atoms with Crippen molar-refractivity contribution >= 4 is 35.5 Å². The topological polar surface area (TPSA) is 124 Å². The third-order valence-corrected chi connectivity index (χ3v) is 6.35. The lowest BCUT2D eigenvalue weighted by molar-refractivity contribution is -0.144. The van der Waals surface area contributed by atoms with E-state index in [0.29, 0.717) is 42.9 Å². The molecule has 0 radical (unpaired) electrons. The van der Waals surface area contributed by atoms with Gasteiger partial charge < -0.3 is 28.4 Å². The van der Waals surface area contributed by atoms with Gasteiger partial charge in [0.15, 0.2) is 0 Å². The second-order valence-electron chi connectivity index (χ2n) is 9.33. The first-order valence-corrected chi connectivity index (χ1v) is 14.4. The van der Waals surface area contributed by atoms with Crippen molar-refractivity contribution in [1.82, 2.24) is 0 Å². The lowest BCUT2D eigenvalue weighted by atomic mass is 10.2. The fourth-order valence-electron chi connectivity index (χ4n) is 3.59. The molecule has 1 atom stereocenters. The summed E-state index contributed by atoms with van der Waals surface area (Å²) in [6.07, 6.45) is 3.66. The molecule has 0 aromatic heterocycles. The second kappa shape index (κ2) is 17.9. The summed E-state index contributed by atoms with van der Waals surface area (Å²) in [7, 11) is 0. The molecule has 0 saturated carbocycles. The van der Waals surface area contributed by atoms with E-state index in [1.54, 1.807) is 36.4 Å². The van der Waals surface area contributed by atoms with Crippen molar-refractivity contribution < 1.29 is 47.6 Å². The van der Waals surface area contributed by atoms with Gasteiger partial charge in [0, 0.05) is 18.2 Å². The van der Waals surface area contributed by atoms with Crippen molar-refractivity contribution in [1.29, 1.82) is 0 Å². The van der Waals surface area contributed by atoms with Crippen LogP contribution >= 0.6 is 11.6 Å². The minimum atomic E-state index is -0.655. The van der Waals surface area contributed by atoms with Gasteiger partial charge in [0.1, 0.15) is 35.7 Å². The summed E-state index contributed by atoms with van der Waals surface area (Å²) >= 11 is 6.29. The van der Waals surface area contributed by atoms with Crippen molar-refractivity contribution in [3.05, 3.63) is 108 Å². The smallest absolute Gasteiger partial charge is 0.343 e. The van der Waals surface area contributed by atoms with Crippen molar-refractivity contribution in [2.45, 2.75) is 32.3 Å². The summed E-state index contributed by atoms with van der Waals surface area (Å²) in [6.45, 7) is 9.42. The number of ether oxygens (including phenoxy) is 6. The van der Waals surface area contributed by atoms with E-state index >= 15 is 0 Å². The van der Waals surface area contributed by atoms with Crippen molar-refractivity contribution in [3.63, 3.8) is 0 Å². The number of unbranched alkanes of at least 4 members (excludes halogenated alkanes) is 1. The standard InChI is InChI=1S/C34H33ClO10/c1-4-25(43-32(37)6-3)22-42-27-15-11-24(12-16-27)34(39)45-30-18-17-28(21-29(30)35)44-33(38)23-9-13-26(14-10-23)40-19-7-8-20-41-31(36)5-2/h5-6,9-18,21,25H,2-4,7-8,19-20,22H2,1H3. The highest BCUT2D eigenvalue weighted by Gasteiger charge is 2.16. The van der Waals surface area contributed by atoms with E-state index in [9.17, 15) is 19.2 Å². The van der Waals surface area contributed by atoms with E-state index in [4.69, 9.17) is 40.0 Å². The third-order valence-electron chi connectivity index (χ3n) is 6.06. The van der Waals surface area contributed by atoms with Crippen LogP contribution in [0.2, 0.25) is 5.02 Å². The van der Waals surface area contributed by atoms with Gasteiger partial charge in [-0.1, -0.05) is 31.7 Å². The fraction of sp³-hybridized carbons (Fsp3) is 0.235. The van der Waals surface area contributed by atoms with Gasteiger partial charge in [-0.2, -0.15) is 0 Å². The quantitative estimate of drug-likeness (QED) is 0.0697. The summed E-state index contributed by atoms with van der Waals surface area (Å²) in [5.74, 6) is -0.963. The molecule has 3 aromatic carbocycles. The van der Waals surface area contributed by atoms with E-state index in [-0.39, 0.29) is 35.3 Å². The lowest BCUT2D eigenvalue weighted by Gasteiger charge is -2.16. The summed E-state index contributed by atoms with van der Waals surface area (Å²) in [6, 6.07) is 16.9. The molecule has 0 aliphatic carbocycles. The van der Waals surface area contributed by atoms with Crippen LogP contribution in [0.15, 0.2) is 92.0 Å². The molecule has 0 saturated heterocycles. The Morgan fingerprint density at radius 1 is 0.733 bits per heavy atom. The van der Waals surface area contributed by atoms with E-state index < -0.39 is 30.0 Å². The maximum atomic E-state index is 12.7. The Bertz CT molecular complexity index is 1480. The van der Waals surface area contributed by atoms with Crippen molar-refractivity contribution in [3.8, 4) is 23.0 Å². The van der Waals surface area contributed by atoms with Crippen LogP contribution in [-0.4, -0.2) is 49.8 Å². The number of esters is 4. The Morgan fingerprint density at radius 3 is 1.87 bits per heavy atom. The van der Waals surface area contributed by atoms with Gasteiger partial charge >= 0.3 is 23.9 Å². The van der Waals surface area contributed by atoms with Crippen LogP contribution in [0.1, 0.15) is 46.9 Å². The highest BCUT2D eigenvalue weighted by Crippen LogP contribution is 2.30. The molecule has 236 valence electrons. The molecule has 3 rings (SSSR count). The summed E-state index contributed by atoms with van der Waals surface area (Å²) < 4.78 is 32.2. The Kier molecular flexibility index (Phi) is 13.7. The Balaban J connectivity index is 1.46. The normalized spacial score (nSPS) is 11.0. The minimum Gasteiger partial charge on any atom is -0.494 e. The molecule has 0 N–H and O–H groups in total. The van der Waals surface area contributed by atoms with Crippen LogP contribution in [0.5, 0.6) is 23.0 Å². The average Bonchev–Trinajstić information content (AvgIpc) is 3.05. The van der Waals surface area contributed by atoms with Crippen LogP contribution in [0.4, 0.5) is 0 Å². The molecule has 45 heavy (non-hydrogen) atoms. The van der Waals surface area contributed by atoms with Crippen LogP contribution in [-0.2, 0) is 19.1 Å². The molecule has 0 amide bonds. The number of hydrogen-bond acceptors (Lipinski definition) is 10. The van der Waals surface area contributed by atoms with E-state index in [1.165, 1.54) is 30.3 Å². The van der Waals surface area contributed by atoms with Gasteiger partial charge in [0.2, 0.25) is 0 Å².